The van der Waals surface area contributed by atoms with Crippen LogP contribution < -0.4 is 0 Å². The molecule has 0 heterocycles. The second kappa shape index (κ2) is 4.99. The third-order valence-electron chi connectivity index (χ3n) is 1.00. The number of aliphatic hydroxyl groups excluding tert-OH is 1. The Morgan fingerprint density at radius 1 is 1.90 bits per heavy atom. The van der Waals surface area contributed by atoms with Crippen LogP contribution in [0.3, 0.4) is 0 Å². The molecule has 0 unspecified atom stereocenters. The molecule has 0 amide bonds. The van der Waals surface area contributed by atoms with Crippen LogP contribution in [0, 0.1) is 0 Å². The minimum absolute atomic E-state index is 0.163. The Bertz CT molecular complexity index is 120. The summed E-state index contributed by atoms with van der Waals surface area (Å²) in [4.78, 5) is 10.6. The van der Waals surface area contributed by atoms with Crippen molar-refractivity contribution in [3.63, 3.8) is 0 Å². The second-order valence-electron chi connectivity index (χ2n) is 1.84. The average Bonchev–Trinajstić information content (AvgIpc) is 1.98. The molecular formula is C7H12O3. The molecular weight excluding hydrogens is 132 g/mol. The third-order valence-corrected chi connectivity index (χ3v) is 1.00. The van der Waals surface area contributed by atoms with Gasteiger partial charge in [-0.05, 0) is 6.42 Å². The van der Waals surface area contributed by atoms with Crippen molar-refractivity contribution in [2.45, 2.75) is 19.4 Å². The summed E-state index contributed by atoms with van der Waals surface area (Å²) in [6.45, 7) is 5.23. The molecule has 0 aliphatic carbocycles. The molecule has 0 aromatic heterocycles. The standard InChI is InChI=1S/C7H12O3/c1-3-5-10-7(9)6(8)4-2/h3,6,8H,1,4-5H2,2H3/t6-/m1/s1. The van der Waals surface area contributed by atoms with Crippen molar-refractivity contribution >= 4 is 5.97 Å². The highest BCUT2D eigenvalue weighted by atomic mass is 16.5. The van der Waals surface area contributed by atoms with Crippen molar-refractivity contribution < 1.29 is 14.6 Å². The topological polar surface area (TPSA) is 46.5 Å². The van der Waals surface area contributed by atoms with Gasteiger partial charge in [-0.1, -0.05) is 19.6 Å². The van der Waals surface area contributed by atoms with E-state index in [9.17, 15) is 4.79 Å². The number of aliphatic hydroxyl groups is 1. The van der Waals surface area contributed by atoms with E-state index in [1.807, 2.05) is 0 Å². The molecule has 3 nitrogen and oxygen atoms in total. The molecule has 0 spiro atoms. The van der Waals surface area contributed by atoms with Gasteiger partial charge in [-0.3, -0.25) is 0 Å². The fourth-order valence-corrected chi connectivity index (χ4v) is 0.404. The molecule has 0 aromatic rings. The number of rotatable bonds is 4. The van der Waals surface area contributed by atoms with Crippen molar-refractivity contribution in [1.29, 1.82) is 0 Å². The number of hydrogen-bond acceptors (Lipinski definition) is 3. The van der Waals surface area contributed by atoms with Crippen LogP contribution in [0.4, 0.5) is 0 Å². The number of ether oxygens (including phenoxy) is 1. The third kappa shape index (κ3) is 3.25. The molecule has 0 bridgehead atoms. The first-order chi connectivity index (χ1) is 4.72. The molecule has 0 saturated heterocycles. The molecule has 10 heavy (non-hydrogen) atoms. The lowest BCUT2D eigenvalue weighted by Crippen LogP contribution is -2.21. The fraction of sp³-hybridized carbons (Fsp3) is 0.571. The molecule has 1 atom stereocenters. The normalized spacial score (nSPS) is 12.2. The van der Waals surface area contributed by atoms with Gasteiger partial charge < -0.3 is 9.84 Å². The average molecular weight is 144 g/mol. The minimum atomic E-state index is -0.986. The summed E-state index contributed by atoms with van der Waals surface area (Å²) in [5, 5.41) is 8.84. The number of carbonyl (C=O) groups is 1. The van der Waals surface area contributed by atoms with Crippen molar-refractivity contribution in [2.75, 3.05) is 6.61 Å². The van der Waals surface area contributed by atoms with E-state index in [4.69, 9.17) is 5.11 Å². The van der Waals surface area contributed by atoms with Crippen LogP contribution in [0.15, 0.2) is 12.7 Å². The van der Waals surface area contributed by atoms with Gasteiger partial charge in [0.25, 0.3) is 0 Å². The van der Waals surface area contributed by atoms with E-state index < -0.39 is 12.1 Å². The SMILES string of the molecule is C=CCOC(=O)[C@H](O)CC. The zero-order chi connectivity index (χ0) is 7.98. The second-order valence-corrected chi connectivity index (χ2v) is 1.84. The predicted molar refractivity (Wildman–Crippen MR) is 37.5 cm³/mol. The van der Waals surface area contributed by atoms with Crippen LogP contribution in [0.1, 0.15) is 13.3 Å². The maximum absolute atomic E-state index is 10.6. The molecule has 3 heteroatoms. The van der Waals surface area contributed by atoms with E-state index in [0.717, 1.165) is 0 Å². The van der Waals surface area contributed by atoms with Gasteiger partial charge in [0.1, 0.15) is 6.61 Å². The highest BCUT2D eigenvalue weighted by Crippen LogP contribution is 1.92. The summed E-state index contributed by atoms with van der Waals surface area (Å²) in [5.41, 5.74) is 0. The first-order valence-electron chi connectivity index (χ1n) is 3.18. The summed E-state index contributed by atoms with van der Waals surface area (Å²) >= 11 is 0. The highest BCUT2D eigenvalue weighted by molar-refractivity contribution is 5.74. The molecule has 0 fully saturated rings. The Morgan fingerprint density at radius 2 is 2.50 bits per heavy atom. The van der Waals surface area contributed by atoms with Gasteiger partial charge in [-0.25, -0.2) is 4.79 Å². The van der Waals surface area contributed by atoms with Crippen LogP contribution in [0.25, 0.3) is 0 Å². The zero-order valence-corrected chi connectivity index (χ0v) is 6.04. The Morgan fingerprint density at radius 3 is 2.90 bits per heavy atom. The first kappa shape index (κ1) is 9.17. The number of esters is 1. The van der Waals surface area contributed by atoms with E-state index in [1.165, 1.54) is 6.08 Å². The van der Waals surface area contributed by atoms with Gasteiger partial charge in [-0.2, -0.15) is 0 Å². The van der Waals surface area contributed by atoms with Crippen LogP contribution in [0.2, 0.25) is 0 Å². The smallest absolute Gasteiger partial charge is 0.335 e. The summed E-state index contributed by atoms with van der Waals surface area (Å²) in [6, 6.07) is 0. The van der Waals surface area contributed by atoms with Crippen LogP contribution in [-0.2, 0) is 9.53 Å². The largest absolute Gasteiger partial charge is 0.460 e. The molecule has 0 aromatic carbocycles. The predicted octanol–water partition coefficient (Wildman–Crippen LogP) is 0.486. The first-order valence-corrected chi connectivity index (χ1v) is 3.18. The lowest BCUT2D eigenvalue weighted by atomic mass is 10.3. The van der Waals surface area contributed by atoms with Crippen LogP contribution in [-0.4, -0.2) is 23.8 Å². The van der Waals surface area contributed by atoms with E-state index >= 15 is 0 Å². The molecule has 0 radical (unpaired) electrons. The van der Waals surface area contributed by atoms with Gasteiger partial charge >= 0.3 is 5.97 Å². The van der Waals surface area contributed by atoms with Crippen LogP contribution >= 0.6 is 0 Å². The van der Waals surface area contributed by atoms with Gasteiger partial charge in [0, 0.05) is 0 Å². The fourth-order valence-electron chi connectivity index (χ4n) is 0.404. The monoisotopic (exact) mass is 144 g/mol. The van der Waals surface area contributed by atoms with E-state index in [1.54, 1.807) is 6.92 Å². The molecule has 0 aliphatic rings. The summed E-state index contributed by atoms with van der Waals surface area (Å²) in [7, 11) is 0. The maximum atomic E-state index is 10.6. The van der Waals surface area contributed by atoms with Gasteiger partial charge in [0.05, 0.1) is 0 Å². The lowest BCUT2D eigenvalue weighted by molar-refractivity contribution is -0.152. The van der Waals surface area contributed by atoms with Gasteiger partial charge in [0.15, 0.2) is 6.10 Å². The number of carbonyl (C=O) groups excluding carboxylic acids is 1. The van der Waals surface area contributed by atoms with Crippen molar-refractivity contribution in [2.24, 2.45) is 0 Å². The van der Waals surface area contributed by atoms with Gasteiger partial charge in [0.2, 0.25) is 0 Å². The molecule has 0 aliphatic heterocycles. The Balaban J connectivity index is 3.51. The number of hydrogen-bond donors (Lipinski definition) is 1. The van der Waals surface area contributed by atoms with Crippen molar-refractivity contribution in [3.8, 4) is 0 Å². The van der Waals surface area contributed by atoms with E-state index in [0.29, 0.717) is 6.42 Å². The minimum Gasteiger partial charge on any atom is -0.460 e. The quantitative estimate of drug-likeness (QED) is 0.461. The molecule has 0 rings (SSSR count). The van der Waals surface area contributed by atoms with Crippen molar-refractivity contribution in [1.82, 2.24) is 0 Å². The maximum Gasteiger partial charge on any atom is 0.335 e. The summed E-state index contributed by atoms with van der Waals surface area (Å²) < 4.78 is 4.54. The molecule has 58 valence electrons. The molecule has 1 N–H and O–H groups in total. The summed E-state index contributed by atoms with van der Waals surface area (Å²) in [5.74, 6) is -0.581. The zero-order valence-electron chi connectivity index (χ0n) is 6.04. The van der Waals surface area contributed by atoms with E-state index in [2.05, 4.69) is 11.3 Å². The Hall–Kier alpha value is -0.830. The lowest BCUT2D eigenvalue weighted by Gasteiger charge is -2.05. The Kier molecular flexibility index (Phi) is 4.58. The van der Waals surface area contributed by atoms with Gasteiger partial charge in [-0.15, -0.1) is 0 Å². The van der Waals surface area contributed by atoms with Crippen molar-refractivity contribution in [3.05, 3.63) is 12.7 Å². The summed E-state index contributed by atoms with van der Waals surface area (Å²) in [6.07, 6.45) is 0.857. The highest BCUT2D eigenvalue weighted by Gasteiger charge is 2.12. The molecule has 0 saturated carbocycles. The van der Waals surface area contributed by atoms with E-state index in [-0.39, 0.29) is 6.61 Å². The van der Waals surface area contributed by atoms with Crippen LogP contribution in [0.5, 0.6) is 0 Å². The Labute approximate surface area is 60.3 Å².